The lowest BCUT2D eigenvalue weighted by molar-refractivity contribution is -0.122. The average molecular weight is 344 g/mol. The highest BCUT2D eigenvalue weighted by atomic mass is 16.5. The van der Waals surface area contributed by atoms with Crippen molar-refractivity contribution in [3.05, 3.63) is 64.1 Å². The molecule has 8 nitrogen and oxygen atoms in total. The van der Waals surface area contributed by atoms with Crippen LogP contribution in [0.5, 0.6) is 0 Å². The second-order valence-electron chi connectivity index (χ2n) is 5.20. The number of hydrogen-bond acceptors (Lipinski definition) is 5. The van der Waals surface area contributed by atoms with Gasteiger partial charge in [-0.05, 0) is 11.6 Å². The summed E-state index contributed by atoms with van der Waals surface area (Å²) in [6, 6.07) is 10.6. The molecule has 0 saturated heterocycles. The van der Waals surface area contributed by atoms with E-state index in [9.17, 15) is 14.4 Å². The summed E-state index contributed by atoms with van der Waals surface area (Å²) in [5, 5.41) is 9.19. The van der Waals surface area contributed by atoms with Gasteiger partial charge in [-0.2, -0.15) is 5.10 Å². The number of nitrogens with one attached hydrogen (secondary N) is 2. The first-order valence-electron chi connectivity index (χ1n) is 7.71. The standard InChI is InChI=1S/C17H20N4O4/c1-18-17(24)15(12-6-4-3-5-7-12)19-16(23)13-8-9-14(22)21(20-13)10-11-25-2/h3-9,15H,10-11H2,1-2H3,(H,18,24)(H,19,23). The van der Waals surface area contributed by atoms with Crippen molar-refractivity contribution in [3.8, 4) is 0 Å². The Kier molecular flexibility index (Phi) is 6.41. The number of ether oxygens (including phenoxy) is 1. The third-order valence-electron chi connectivity index (χ3n) is 3.52. The van der Waals surface area contributed by atoms with Crippen molar-refractivity contribution in [3.63, 3.8) is 0 Å². The molecule has 0 saturated carbocycles. The highest BCUT2D eigenvalue weighted by Crippen LogP contribution is 2.13. The number of hydrogen-bond donors (Lipinski definition) is 2. The minimum Gasteiger partial charge on any atom is -0.383 e. The number of methoxy groups -OCH3 is 1. The van der Waals surface area contributed by atoms with Crippen LogP contribution in [0.1, 0.15) is 22.1 Å². The Balaban J connectivity index is 2.24. The lowest BCUT2D eigenvalue weighted by Crippen LogP contribution is -2.40. The van der Waals surface area contributed by atoms with E-state index in [2.05, 4.69) is 15.7 Å². The molecule has 1 heterocycles. The van der Waals surface area contributed by atoms with Crippen molar-refractivity contribution in [2.24, 2.45) is 0 Å². The Morgan fingerprint density at radius 1 is 1.20 bits per heavy atom. The predicted octanol–water partition coefficient (Wildman–Crippen LogP) is 0.107. The van der Waals surface area contributed by atoms with E-state index in [1.54, 1.807) is 24.3 Å². The summed E-state index contributed by atoms with van der Waals surface area (Å²) >= 11 is 0. The molecule has 0 aliphatic carbocycles. The minimum absolute atomic E-state index is 0.0422. The van der Waals surface area contributed by atoms with Crippen molar-refractivity contribution < 1.29 is 14.3 Å². The van der Waals surface area contributed by atoms with Crippen molar-refractivity contribution in [1.82, 2.24) is 20.4 Å². The molecular formula is C17H20N4O4. The van der Waals surface area contributed by atoms with Crippen LogP contribution >= 0.6 is 0 Å². The number of aromatic nitrogens is 2. The van der Waals surface area contributed by atoms with Crippen LogP contribution in [0.4, 0.5) is 0 Å². The van der Waals surface area contributed by atoms with Crippen LogP contribution in [-0.2, 0) is 16.1 Å². The van der Waals surface area contributed by atoms with Crippen LogP contribution in [-0.4, -0.2) is 42.4 Å². The molecule has 2 amide bonds. The Morgan fingerprint density at radius 2 is 1.92 bits per heavy atom. The molecule has 0 radical (unpaired) electrons. The quantitative estimate of drug-likeness (QED) is 0.742. The second-order valence-corrected chi connectivity index (χ2v) is 5.20. The molecule has 0 fully saturated rings. The number of amides is 2. The van der Waals surface area contributed by atoms with Gasteiger partial charge in [0, 0.05) is 20.2 Å². The van der Waals surface area contributed by atoms with Gasteiger partial charge in [0.1, 0.15) is 11.7 Å². The van der Waals surface area contributed by atoms with Gasteiger partial charge in [0.25, 0.3) is 11.5 Å². The van der Waals surface area contributed by atoms with Gasteiger partial charge in [-0.1, -0.05) is 30.3 Å². The molecule has 25 heavy (non-hydrogen) atoms. The summed E-state index contributed by atoms with van der Waals surface area (Å²) in [5.41, 5.74) is 0.350. The van der Waals surface area contributed by atoms with Gasteiger partial charge in [-0.25, -0.2) is 4.68 Å². The largest absolute Gasteiger partial charge is 0.383 e. The van der Waals surface area contributed by atoms with Crippen LogP contribution in [0.25, 0.3) is 0 Å². The minimum atomic E-state index is -0.861. The number of likely N-dealkylation sites (N-methyl/N-ethyl adjacent to an activating group) is 1. The topological polar surface area (TPSA) is 102 Å². The summed E-state index contributed by atoms with van der Waals surface area (Å²) in [4.78, 5) is 36.4. The third-order valence-corrected chi connectivity index (χ3v) is 3.52. The van der Waals surface area contributed by atoms with Crippen molar-refractivity contribution in [2.45, 2.75) is 12.6 Å². The van der Waals surface area contributed by atoms with Crippen molar-refractivity contribution in [2.75, 3.05) is 20.8 Å². The van der Waals surface area contributed by atoms with Gasteiger partial charge in [0.15, 0.2) is 0 Å². The molecule has 0 spiro atoms. The molecule has 1 aromatic carbocycles. The van der Waals surface area contributed by atoms with E-state index < -0.39 is 11.9 Å². The molecule has 2 aromatic rings. The Bertz CT molecular complexity index is 789. The van der Waals surface area contributed by atoms with Gasteiger partial charge in [0.2, 0.25) is 5.91 Å². The van der Waals surface area contributed by atoms with E-state index in [1.165, 1.54) is 26.3 Å². The average Bonchev–Trinajstić information content (AvgIpc) is 2.65. The number of benzene rings is 1. The third kappa shape index (κ3) is 4.74. The maximum absolute atomic E-state index is 12.5. The first kappa shape index (κ1) is 18.3. The number of carbonyl (C=O) groups is 2. The fraction of sp³-hybridized carbons (Fsp3) is 0.294. The Labute approximate surface area is 144 Å². The molecule has 2 rings (SSSR count). The summed E-state index contributed by atoms with van der Waals surface area (Å²) in [5.74, 6) is -0.907. The number of rotatable bonds is 7. The zero-order valence-electron chi connectivity index (χ0n) is 14.1. The highest BCUT2D eigenvalue weighted by Gasteiger charge is 2.23. The zero-order chi connectivity index (χ0) is 18.2. The van der Waals surface area contributed by atoms with Crippen molar-refractivity contribution in [1.29, 1.82) is 0 Å². The molecular weight excluding hydrogens is 324 g/mol. The van der Waals surface area contributed by atoms with E-state index >= 15 is 0 Å². The zero-order valence-corrected chi connectivity index (χ0v) is 14.1. The number of carbonyl (C=O) groups excluding carboxylic acids is 2. The first-order valence-corrected chi connectivity index (χ1v) is 7.71. The van der Waals surface area contributed by atoms with Crippen LogP contribution in [0.3, 0.4) is 0 Å². The monoisotopic (exact) mass is 344 g/mol. The second kappa shape index (κ2) is 8.74. The smallest absolute Gasteiger partial charge is 0.272 e. The van der Waals surface area contributed by atoms with Gasteiger partial charge in [0.05, 0.1) is 13.2 Å². The summed E-state index contributed by atoms with van der Waals surface area (Å²) < 4.78 is 6.06. The van der Waals surface area contributed by atoms with Gasteiger partial charge in [-0.3, -0.25) is 14.4 Å². The summed E-state index contributed by atoms with van der Waals surface area (Å²) in [7, 11) is 3.00. The molecule has 132 valence electrons. The van der Waals surface area contributed by atoms with Crippen LogP contribution in [0.2, 0.25) is 0 Å². The Morgan fingerprint density at radius 3 is 2.56 bits per heavy atom. The van der Waals surface area contributed by atoms with Gasteiger partial charge < -0.3 is 15.4 Å². The van der Waals surface area contributed by atoms with Crippen LogP contribution < -0.4 is 16.2 Å². The lowest BCUT2D eigenvalue weighted by atomic mass is 10.1. The Hall–Kier alpha value is -3.00. The van der Waals surface area contributed by atoms with Gasteiger partial charge in [-0.15, -0.1) is 0 Å². The van der Waals surface area contributed by atoms with E-state index in [-0.39, 0.29) is 23.7 Å². The molecule has 8 heteroatoms. The van der Waals surface area contributed by atoms with Gasteiger partial charge >= 0.3 is 0 Å². The van der Waals surface area contributed by atoms with Crippen LogP contribution in [0.15, 0.2) is 47.3 Å². The maximum Gasteiger partial charge on any atom is 0.272 e. The van der Waals surface area contributed by atoms with Crippen LogP contribution in [0, 0.1) is 0 Å². The SMILES string of the molecule is CNC(=O)C(NC(=O)c1ccc(=O)n(CCOC)n1)c1ccccc1. The molecule has 0 aliphatic heterocycles. The molecule has 2 N–H and O–H groups in total. The van der Waals surface area contributed by atoms with Crippen molar-refractivity contribution >= 4 is 11.8 Å². The molecule has 0 aliphatic rings. The van der Waals surface area contributed by atoms with E-state index in [1.807, 2.05) is 6.07 Å². The first-order chi connectivity index (χ1) is 12.1. The molecule has 1 unspecified atom stereocenters. The molecule has 0 bridgehead atoms. The summed E-state index contributed by atoms with van der Waals surface area (Å²) in [6.07, 6.45) is 0. The van der Waals surface area contributed by atoms with E-state index in [0.29, 0.717) is 12.2 Å². The molecule has 1 atom stereocenters. The summed E-state index contributed by atoms with van der Waals surface area (Å²) in [6.45, 7) is 0.525. The lowest BCUT2D eigenvalue weighted by Gasteiger charge is -2.17. The van der Waals surface area contributed by atoms with E-state index in [0.717, 1.165) is 4.68 Å². The maximum atomic E-state index is 12.5. The fourth-order valence-corrected chi connectivity index (χ4v) is 2.20. The predicted molar refractivity (Wildman–Crippen MR) is 91.1 cm³/mol. The number of nitrogens with zero attached hydrogens (tertiary/aromatic N) is 2. The fourth-order valence-electron chi connectivity index (χ4n) is 2.20. The van der Waals surface area contributed by atoms with E-state index in [4.69, 9.17) is 4.74 Å². The normalized spacial score (nSPS) is 11.6. The molecule has 1 aromatic heterocycles. The highest BCUT2D eigenvalue weighted by molar-refractivity contribution is 5.96.